The highest BCUT2D eigenvalue weighted by Gasteiger charge is 2.33. The topological polar surface area (TPSA) is 88.5 Å². The number of alkyl halides is 3. The molecule has 2 atom stereocenters. The van der Waals surface area contributed by atoms with E-state index in [0.717, 1.165) is 56.4 Å². The molecule has 1 aromatic heterocycles. The fraction of sp³-hybridized carbons (Fsp3) is 0.567. The molecule has 1 heterocycles. The van der Waals surface area contributed by atoms with Gasteiger partial charge in [0, 0.05) is 24.4 Å². The van der Waals surface area contributed by atoms with Gasteiger partial charge >= 0.3 is 12.1 Å². The summed E-state index contributed by atoms with van der Waals surface area (Å²) in [7, 11) is 0. The molecule has 4 rings (SSSR count). The molecule has 6 nitrogen and oxygen atoms in total. The van der Waals surface area contributed by atoms with Gasteiger partial charge in [-0.3, -0.25) is 9.78 Å². The predicted octanol–water partition coefficient (Wildman–Crippen LogP) is 5.86. The van der Waals surface area contributed by atoms with E-state index in [1.54, 1.807) is 6.92 Å². The molecule has 9 heteroatoms. The molecule has 0 bridgehead atoms. The first-order valence-corrected chi connectivity index (χ1v) is 13.9. The number of hydrogen-bond acceptors (Lipinski definition) is 4. The number of aryl methyl sites for hydroxylation is 3. The second-order valence-electron chi connectivity index (χ2n) is 10.8. The Bertz CT molecular complexity index is 1150. The second kappa shape index (κ2) is 12.9. The first-order chi connectivity index (χ1) is 18.6. The molecule has 39 heavy (non-hydrogen) atoms. The van der Waals surface area contributed by atoms with Crippen molar-refractivity contribution < 1.29 is 32.6 Å². The van der Waals surface area contributed by atoms with Crippen LogP contribution < -0.4 is 5.32 Å². The minimum Gasteiger partial charge on any atom is -0.480 e. The fourth-order valence-corrected chi connectivity index (χ4v) is 5.55. The van der Waals surface area contributed by atoms with Gasteiger partial charge < -0.3 is 15.2 Å². The van der Waals surface area contributed by atoms with Gasteiger partial charge in [0.05, 0.1) is 17.6 Å². The number of amides is 1. The third-order valence-electron chi connectivity index (χ3n) is 7.95. The molecule has 1 saturated carbocycles. The van der Waals surface area contributed by atoms with Crippen molar-refractivity contribution in [3.63, 3.8) is 0 Å². The lowest BCUT2D eigenvalue weighted by Crippen LogP contribution is -2.44. The van der Waals surface area contributed by atoms with Gasteiger partial charge in [-0.25, -0.2) is 4.79 Å². The Morgan fingerprint density at radius 2 is 1.92 bits per heavy atom. The average molecular weight is 547 g/mol. The highest BCUT2D eigenvalue weighted by Crippen LogP contribution is 2.34. The molecule has 1 fully saturated rings. The molecule has 0 radical (unpaired) electrons. The number of fused-ring (bicyclic) bond motifs is 1. The maximum atomic E-state index is 13.1. The number of hydrogen-bond donors (Lipinski definition) is 2. The van der Waals surface area contributed by atoms with Crippen molar-refractivity contribution in [2.45, 2.75) is 95.4 Å². The van der Waals surface area contributed by atoms with Gasteiger partial charge in [-0.15, -0.1) is 0 Å². The van der Waals surface area contributed by atoms with Crippen LogP contribution in [0.2, 0.25) is 0 Å². The SMILES string of the molecule is CCC(C(=O)N[C@@H](CCOC1CC(CCc2ccc3c(n2)CCCC3)C1)C(=O)O)c1cccc(C(F)(F)F)c1. The number of carbonyl (C=O) groups excluding carboxylic acids is 1. The van der Waals surface area contributed by atoms with Gasteiger partial charge in [0.15, 0.2) is 0 Å². The van der Waals surface area contributed by atoms with E-state index in [-0.39, 0.29) is 31.1 Å². The van der Waals surface area contributed by atoms with Gasteiger partial charge in [-0.05, 0) is 87.0 Å². The normalized spacial score (nSPS) is 20.4. The maximum absolute atomic E-state index is 13.1. The molecule has 2 aromatic rings. The van der Waals surface area contributed by atoms with E-state index in [1.165, 1.54) is 36.2 Å². The zero-order valence-corrected chi connectivity index (χ0v) is 22.3. The molecule has 0 saturated heterocycles. The second-order valence-corrected chi connectivity index (χ2v) is 10.8. The van der Waals surface area contributed by atoms with Crippen molar-refractivity contribution in [3.05, 3.63) is 64.5 Å². The van der Waals surface area contributed by atoms with Gasteiger partial charge in [-0.2, -0.15) is 13.2 Å². The summed E-state index contributed by atoms with van der Waals surface area (Å²) in [5, 5.41) is 12.1. The highest BCUT2D eigenvalue weighted by atomic mass is 19.4. The minimum absolute atomic E-state index is 0.0742. The number of carboxylic acids is 1. The number of carbonyl (C=O) groups is 2. The molecule has 2 aliphatic carbocycles. The summed E-state index contributed by atoms with van der Waals surface area (Å²) in [6.07, 6.45) is 4.37. The Kier molecular flexibility index (Phi) is 9.64. The molecule has 0 aliphatic heterocycles. The monoisotopic (exact) mass is 546 g/mol. The van der Waals surface area contributed by atoms with Gasteiger partial charge in [-0.1, -0.05) is 31.2 Å². The molecule has 1 aromatic carbocycles. The first-order valence-electron chi connectivity index (χ1n) is 13.9. The van der Waals surface area contributed by atoms with E-state index < -0.39 is 35.6 Å². The van der Waals surface area contributed by atoms with Crippen LogP contribution in [0.15, 0.2) is 36.4 Å². The first kappa shape index (κ1) is 29.1. The van der Waals surface area contributed by atoms with Gasteiger partial charge in [0.1, 0.15) is 6.04 Å². The van der Waals surface area contributed by atoms with Crippen LogP contribution in [0.1, 0.15) is 85.9 Å². The Morgan fingerprint density at radius 1 is 1.15 bits per heavy atom. The van der Waals surface area contributed by atoms with Crippen LogP contribution in [-0.4, -0.2) is 40.7 Å². The number of rotatable bonds is 12. The van der Waals surface area contributed by atoms with Crippen molar-refractivity contribution in [2.24, 2.45) is 5.92 Å². The third-order valence-corrected chi connectivity index (χ3v) is 7.95. The fourth-order valence-electron chi connectivity index (χ4n) is 5.55. The summed E-state index contributed by atoms with van der Waals surface area (Å²) in [4.78, 5) is 29.4. The molecule has 1 amide bonds. The third kappa shape index (κ3) is 7.81. The number of carboxylic acid groups (broad SMARTS) is 1. The number of nitrogens with zero attached hydrogens (tertiary/aromatic N) is 1. The number of aliphatic carboxylic acids is 1. The Balaban J connectivity index is 1.19. The van der Waals surface area contributed by atoms with E-state index in [9.17, 15) is 27.9 Å². The molecule has 1 unspecified atom stereocenters. The van der Waals surface area contributed by atoms with Crippen molar-refractivity contribution in [1.29, 1.82) is 0 Å². The Labute approximate surface area is 227 Å². The molecule has 2 aliphatic rings. The van der Waals surface area contributed by atoms with Gasteiger partial charge in [0.2, 0.25) is 5.91 Å². The van der Waals surface area contributed by atoms with Crippen LogP contribution in [0.3, 0.4) is 0 Å². The summed E-state index contributed by atoms with van der Waals surface area (Å²) in [6, 6.07) is 7.80. The van der Waals surface area contributed by atoms with Crippen LogP contribution in [0.4, 0.5) is 13.2 Å². The molecular formula is C30H37F3N2O4. The molecule has 0 spiro atoms. The standard InChI is InChI=1S/C30H37F3N2O4/c1-2-25(21-7-5-8-22(18-21)30(31,32)33)28(36)35-27(29(37)38)14-15-39-24-16-19(17-24)10-12-23-13-11-20-6-3-4-9-26(20)34-23/h5,7-8,11,13,18-19,24-25,27H,2-4,6,9-10,12,14-17H2,1H3,(H,35,36)(H,37,38)/t19?,24?,25?,27-/m0/s1. The van der Waals surface area contributed by atoms with E-state index >= 15 is 0 Å². The number of pyridine rings is 1. The highest BCUT2D eigenvalue weighted by molar-refractivity contribution is 5.88. The van der Waals surface area contributed by atoms with Crippen LogP contribution in [0.5, 0.6) is 0 Å². The Morgan fingerprint density at radius 3 is 2.64 bits per heavy atom. The summed E-state index contributed by atoms with van der Waals surface area (Å²) in [5.41, 5.74) is 3.16. The molecule has 212 valence electrons. The van der Waals surface area contributed by atoms with E-state index in [1.807, 2.05) is 0 Å². The lowest BCUT2D eigenvalue weighted by atomic mass is 9.79. The quantitative estimate of drug-likeness (QED) is 0.348. The zero-order chi connectivity index (χ0) is 28.0. The van der Waals surface area contributed by atoms with E-state index in [0.29, 0.717) is 5.92 Å². The van der Waals surface area contributed by atoms with E-state index in [2.05, 4.69) is 17.4 Å². The van der Waals surface area contributed by atoms with Crippen LogP contribution in [-0.2, 0) is 39.8 Å². The zero-order valence-electron chi connectivity index (χ0n) is 22.3. The average Bonchev–Trinajstić information content (AvgIpc) is 2.88. The minimum atomic E-state index is -4.52. The number of ether oxygens (including phenoxy) is 1. The van der Waals surface area contributed by atoms with Crippen molar-refractivity contribution in [1.82, 2.24) is 10.3 Å². The van der Waals surface area contributed by atoms with Crippen LogP contribution in [0, 0.1) is 5.92 Å². The summed E-state index contributed by atoms with van der Waals surface area (Å²) in [6.45, 7) is 1.86. The lowest BCUT2D eigenvalue weighted by molar-refractivity contribution is -0.143. The lowest BCUT2D eigenvalue weighted by Gasteiger charge is -2.35. The van der Waals surface area contributed by atoms with E-state index in [4.69, 9.17) is 9.72 Å². The maximum Gasteiger partial charge on any atom is 0.416 e. The summed E-state index contributed by atoms with van der Waals surface area (Å²) in [5.74, 6) is -2.13. The Hall–Kier alpha value is -2.94. The smallest absolute Gasteiger partial charge is 0.416 e. The number of nitrogens with one attached hydrogen (secondary N) is 1. The molecular weight excluding hydrogens is 509 g/mol. The molecule has 2 N–H and O–H groups in total. The summed E-state index contributed by atoms with van der Waals surface area (Å²) < 4.78 is 45.2. The van der Waals surface area contributed by atoms with Gasteiger partial charge in [0.25, 0.3) is 0 Å². The largest absolute Gasteiger partial charge is 0.480 e. The number of benzene rings is 1. The number of halogens is 3. The summed E-state index contributed by atoms with van der Waals surface area (Å²) >= 11 is 0. The van der Waals surface area contributed by atoms with Crippen molar-refractivity contribution in [2.75, 3.05) is 6.61 Å². The van der Waals surface area contributed by atoms with Crippen LogP contribution >= 0.6 is 0 Å². The predicted molar refractivity (Wildman–Crippen MR) is 140 cm³/mol. The van der Waals surface area contributed by atoms with Crippen LogP contribution in [0.25, 0.3) is 0 Å². The van der Waals surface area contributed by atoms with Crippen molar-refractivity contribution in [3.8, 4) is 0 Å². The van der Waals surface area contributed by atoms with Crippen molar-refractivity contribution >= 4 is 11.9 Å². The number of aromatic nitrogens is 1.